The smallest absolute Gasteiger partial charge is 0.260 e. The monoisotopic (exact) mass is 359 g/mol. The predicted octanol–water partition coefficient (Wildman–Crippen LogP) is 2.04. The van der Waals surface area contributed by atoms with E-state index >= 15 is 0 Å². The highest BCUT2D eigenvalue weighted by molar-refractivity contribution is 5.77. The summed E-state index contributed by atoms with van der Waals surface area (Å²) in [5.41, 5.74) is 6.78. The Labute approximate surface area is 151 Å². The summed E-state index contributed by atoms with van der Waals surface area (Å²) in [6.07, 6.45) is 3.25. The molecule has 6 nitrogen and oxygen atoms in total. The lowest BCUT2D eigenvalue weighted by molar-refractivity contribution is -0.141. The maximum absolute atomic E-state index is 13.1. The van der Waals surface area contributed by atoms with E-state index in [2.05, 4.69) is 4.98 Å². The number of anilines is 1. The summed E-state index contributed by atoms with van der Waals surface area (Å²) in [5.74, 6) is 0.325. The molecule has 1 atom stereocenters. The van der Waals surface area contributed by atoms with E-state index in [9.17, 15) is 9.18 Å². The van der Waals surface area contributed by atoms with E-state index in [1.807, 2.05) is 12.1 Å². The van der Waals surface area contributed by atoms with Gasteiger partial charge < -0.3 is 20.1 Å². The Bertz CT molecular complexity index is 756. The van der Waals surface area contributed by atoms with Gasteiger partial charge in [-0.05, 0) is 42.7 Å². The van der Waals surface area contributed by atoms with Gasteiger partial charge in [-0.3, -0.25) is 4.79 Å². The summed E-state index contributed by atoms with van der Waals surface area (Å²) in [6.45, 7) is 1.43. The number of aryl methyl sites for hydroxylation is 1. The lowest BCUT2D eigenvalue weighted by Crippen LogP contribution is -2.47. The molecule has 7 heteroatoms. The van der Waals surface area contributed by atoms with E-state index in [0.29, 0.717) is 31.3 Å². The highest BCUT2D eigenvalue weighted by Gasteiger charge is 2.24. The summed E-state index contributed by atoms with van der Waals surface area (Å²) in [5, 5.41) is 0. The minimum absolute atomic E-state index is 0.0312. The molecule has 0 saturated carbocycles. The fraction of sp³-hybridized carbons (Fsp3) is 0.368. The number of amides is 1. The van der Waals surface area contributed by atoms with Crippen molar-refractivity contribution in [3.05, 3.63) is 54.0 Å². The fourth-order valence-corrected chi connectivity index (χ4v) is 2.89. The van der Waals surface area contributed by atoms with Gasteiger partial charge in [-0.2, -0.15) is 0 Å². The Morgan fingerprint density at radius 1 is 1.38 bits per heavy atom. The molecule has 26 heavy (non-hydrogen) atoms. The van der Waals surface area contributed by atoms with Crippen LogP contribution >= 0.6 is 0 Å². The van der Waals surface area contributed by atoms with Gasteiger partial charge in [-0.1, -0.05) is 6.07 Å². The van der Waals surface area contributed by atoms with Gasteiger partial charge in [0.15, 0.2) is 6.61 Å². The average Bonchev–Trinajstić information content (AvgIpc) is 2.65. The van der Waals surface area contributed by atoms with Gasteiger partial charge in [0, 0.05) is 25.4 Å². The van der Waals surface area contributed by atoms with Gasteiger partial charge in [0.25, 0.3) is 5.91 Å². The largest absolute Gasteiger partial charge is 0.484 e. The second-order valence-corrected chi connectivity index (χ2v) is 6.21. The van der Waals surface area contributed by atoms with Crippen LogP contribution in [0.3, 0.4) is 0 Å². The molecule has 2 aromatic rings. The number of nitrogens with zero attached hydrogens (tertiary/aromatic N) is 2. The van der Waals surface area contributed by atoms with Crippen LogP contribution < -0.4 is 10.5 Å². The first-order chi connectivity index (χ1) is 12.6. The number of nitrogens with two attached hydrogens (primary N) is 1. The van der Waals surface area contributed by atoms with Crippen molar-refractivity contribution in [2.45, 2.75) is 18.9 Å². The Morgan fingerprint density at radius 3 is 3.08 bits per heavy atom. The second kappa shape index (κ2) is 8.62. The van der Waals surface area contributed by atoms with Crippen molar-refractivity contribution in [2.75, 3.05) is 32.0 Å². The SMILES string of the molecule is Nc1cc(CC[C@@H]2CN(C(=O)COc3cccc(F)c3)CCO2)ccn1. The lowest BCUT2D eigenvalue weighted by atomic mass is 10.1. The molecular formula is C19H22FN3O3. The highest BCUT2D eigenvalue weighted by Crippen LogP contribution is 2.15. The summed E-state index contributed by atoms with van der Waals surface area (Å²) in [7, 11) is 0. The highest BCUT2D eigenvalue weighted by atomic mass is 19.1. The molecule has 0 bridgehead atoms. The molecule has 0 radical (unpaired) electrons. The van der Waals surface area contributed by atoms with Gasteiger partial charge >= 0.3 is 0 Å². The van der Waals surface area contributed by atoms with Crippen LogP contribution in [0.1, 0.15) is 12.0 Å². The van der Waals surface area contributed by atoms with Crippen LogP contribution in [-0.2, 0) is 16.0 Å². The first-order valence-corrected chi connectivity index (χ1v) is 8.58. The lowest BCUT2D eigenvalue weighted by Gasteiger charge is -2.33. The first kappa shape index (κ1) is 18.1. The molecule has 1 aliphatic heterocycles. The number of carbonyl (C=O) groups excluding carboxylic acids is 1. The van der Waals surface area contributed by atoms with Gasteiger partial charge in [-0.15, -0.1) is 0 Å². The van der Waals surface area contributed by atoms with E-state index in [1.165, 1.54) is 12.1 Å². The standard InChI is InChI=1S/C19H22FN3O3/c20-15-2-1-3-16(11-15)26-13-19(24)23-8-9-25-17(12-23)5-4-14-6-7-22-18(21)10-14/h1-3,6-7,10-11,17H,4-5,8-9,12-13H2,(H2,21,22)/t17-/m1/s1. The van der Waals surface area contributed by atoms with Crippen molar-refractivity contribution in [2.24, 2.45) is 0 Å². The molecule has 3 rings (SSSR count). The molecule has 0 spiro atoms. The Balaban J connectivity index is 1.47. The summed E-state index contributed by atoms with van der Waals surface area (Å²) >= 11 is 0. The van der Waals surface area contributed by atoms with Gasteiger partial charge in [0.2, 0.25) is 0 Å². The van der Waals surface area contributed by atoms with Crippen LogP contribution in [-0.4, -0.2) is 48.2 Å². The zero-order valence-corrected chi connectivity index (χ0v) is 14.4. The van der Waals surface area contributed by atoms with Crippen LogP contribution in [0.5, 0.6) is 5.75 Å². The number of pyridine rings is 1. The van der Waals surface area contributed by atoms with Crippen LogP contribution in [0.4, 0.5) is 10.2 Å². The molecule has 1 saturated heterocycles. The van der Waals surface area contributed by atoms with Crippen LogP contribution in [0, 0.1) is 5.82 Å². The summed E-state index contributed by atoms with van der Waals surface area (Å²) in [6, 6.07) is 9.53. The van der Waals surface area contributed by atoms with Gasteiger partial charge in [0.1, 0.15) is 17.4 Å². The molecule has 0 aliphatic carbocycles. The first-order valence-electron chi connectivity index (χ1n) is 8.58. The van der Waals surface area contributed by atoms with E-state index in [4.69, 9.17) is 15.2 Å². The number of carbonyl (C=O) groups is 1. The molecule has 2 heterocycles. The van der Waals surface area contributed by atoms with E-state index in [-0.39, 0.29) is 18.6 Å². The molecule has 2 N–H and O–H groups in total. The maximum atomic E-state index is 13.1. The molecule has 1 aliphatic rings. The number of nitrogen functional groups attached to an aromatic ring is 1. The fourth-order valence-electron chi connectivity index (χ4n) is 2.89. The predicted molar refractivity (Wildman–Crippen MR) is 95.2 cm³/mol. The summed E-state index contributed by atoms with van der Waals surface area (Å²) < 4.78 is 24.3. The number of benzene rings is 1. The van der Waals surface area contributed by atoms with E-state index in [1.54, 1.807) is 23.2 Å². The third-order valence-corrected chi connectivity index (χ3v) is 4.25. The Hall–Kier alpha value is -2.67. The Kier molecular flexibility index (Phi) is 6.01. The molecule has 138 valence electrons. The number of hydrogen-bond donors (Lipinski definition) is 1. The van der Waals surface area contributed by atoms with Crippen molar-refractivity contribution >= 4 is 11.7 Å². The Morgan fingerprint density at radius 2 is 2.27 bits per heavy atom. The van der Waals surface area contributed by atoms with Crippen LogP contribution in [0.15, 0.2) is 42.6 Å². The number of aromatic nitrogens is 1. The average molecular weight is 359 g/mol. The minimum Gasteiger partial charge on any atom is -0.484 e. The van der Waals surface area contributed by atoms with Gasteiger partial charge in [-0.25, -0.2) is 9.37 Å². The third kappa shape index (κ3) is 5.16. The third-order valence-electron chi connectivity index (χ3n) is 4.25. The zero-order chi connectivity index (χ0) is 18.4. The maximum Gasteiger partial charge on any atom is 0.260 e. The minimum atomic E-state index is -0.391. The second-order valence-electron chi connectivity index (χ2n) is 6.21. The molecule has 1 amide bonds. The molecular weight excluding hydrogens is 337 g/mol. The van der Waals surface area contributed by atoms with Crippen molar-refractivity contribution < 1.29 is 18.7 Å². The van der Waals surface area contributed by atoms with E-state index < -0.39 is 5.82 Å². The van der Waals surface area contributed by atoms with Crippen LogP contribution in [0.25, 0.3) is 0 Å². The number of ether oxygens (including phenoxy) is 2. The number of halogens is 1. The molecule has 1 fully saturated rings. The van der Waals surface area contributed by atoms with Crippen molar-refractivity contribution in [3.63, 3.8) is 0 Å². The zero-order valence-electron chi connectivity index (χ0n) is 14.4. The number of morpholine rings is 1. The number of hydrogen-bond acceptors (Lipinski definition) is 5. The quantitative estimate of drug-likeness (QED) is 0.854. The van der Waals surface area contributed by atoms with Crippen molar-refractivity contribution in [1.82, 2.24) is 9.88 Å². The molecule has 0 unspecified atom stereocenters. The van der Waals surface area contributed by atoms with Gasteiger partial charge in [0.05, 0.1) is 12.7 Å². The van der Waals surface area contributed by atoms with Crippen molar-refractivity contribution in [1.29, 1.82) is 0 Å². The number of rotatable bonds is 6. The molecule has 1 aromatic heterocycles. The van der Waals surface area contributed by atoms with Crippen molar-refractivity contribution in [3.8, 4) is 5.75 Å². The molecule has 1 aromatic carbocycles. The normalized spacial score (nSPS) is 17.1. The van der Waals surface area contributed by atoms with Crippen LogP contribution in [0.2, 0.25) is 0 Å². The summed E-state index contributed by atoms with van der Waals surface area (Å²) in [4.78, 5) is 18.1. The topological polar surface area (TPSA) is 77.7 Å². The van der Waals surface area contributed by atoms with E-state index in [0.717, 1.165) is 18.4 Å².